The highest BCUT2D eigenvalue weighted by atomic mass is 32.1. The minimum absolute atomic E-state index is 0.208. The average Bonchev–Trinajstić information content (AvgIpc) is 3.30. The second-order valence-corrected chi connectivity index (χ2v) is 7.44. The van der Waals surface area contributed by atoms with E-state index >= 15 is 0 Å². The van der Waals surface area contributed by atoms with Crippen molar-refractivity contribution in [1.29, 1.82) is 0 Å². The molecule has 0 aliphatic carbocycles. The third kappa shape index (κ3) is 3.58. The van der Waals surface area contributed by atoms with E-state index in [2.05, 4.69) is 15.3 Å². The van der Waals surface area contributed by atoms with Gasteiger partial charge in [0.1, 0.15) is 12.4 Å². The van der Waals surface area contributed by atoms with Gasteiger partial charge in [-0.05, 0) is 36.8 Å². The Kier molecular flexibility index (Phi) is 4.64. The second-order valence-electron chi connectivity index (χ2n) is 5.69. The molecule has 2 heterocycles. The standard InChI is InChI=1S/C19H15N3O2S2/c1-12-4-2-7-16-17(12)21-19(26-16)22-18(23)13-5-3-6-15(8-13)24-9-14-10-25-11-20-14/h2-8,10-11H,9H2,1H3,(H,21,22,23). The zero-order chi connectivity index (χ0) is 17.9. The Hall–Kier alpha value is -2.77. The van der Waals surface area contributed by atoms with Crippen LogP contribution in [0.1, 0.15) is 21.6 Å². The van der Waals surface area contributed by atoms with Crippen LogP contribution in [0, 0.1) is 6.92 Å². The summed E-state index contributed by atoms with van der Waals surface area (Å²) < 4.78 is 6.76. The molecule has 2 aromatic carbocycles. The fourth-order valence-corrected chi connectivity index (χ4v) is 3.98. The molecule has 130 valence electrons. The van der Waals surface area contributed by atoms with Crippen molar-refractivity contribution in [2.75, 3.05) is 5.32 Å². The molecule has 0 saturated carbocycles. The van der Waals surface area contributed by atoms with E-state index in [0.29, 0.717) is 23.1 Å². The highest BCUT2D eigenvalue weighted by molar-refractivity contribution is 7.22. The van der Waals surface area contributed by atoms with Crippen molar-refractivity contribution in [1.82, 2.24) is 9.97 Å². The van der Waals surface area contributed by atoms with Gasteiger partial charge in [0.15, 0.2) is 5.13 Å². The zero-order valence-corrected chi connectivity index (χ0v) is 15.6. The Labute approximate surface area is 158 Å². The largest absolute Gasteiger partial charge is 0.487 e. The molecule has 4 aromatic rings. The van der Waals surface area contributed by atoms with E-state index in [1.165, 1.54) is 22.7 Å². The van der Waals surface area contributed by atoms with E-state index in [1.54, 1.807) is 23.7 Å². The first kappa shape index (κ1) is 16.7. The van der Waals surface area contributed by atoms with Crippen LogP contribution in [0.3, 0.4) is 0 Å². The normalized spacial score (nSPS) is 10.8. The fraction of sp³-hybridized carbons (Fsp3) is 0.105. The molecule has 7 heteroatoms. The van der Waals surface area contributed by atoms with Gasteiger partial charge in [0.05, 0.1) is 21.4 Å². The van der Waals surface area contributed by atoms with Gasteiger partial charge in [-0.3, -0.25) is 10.1 Å². The predicted molar refractivity (Wildman–Crippen MR) is 105 cm³/mol. The second kappa shape index (κ2) is 7.23. The van der Waals surface area contributed by atoms with Crippen molar-refractivity contribution < 1.29 is 9.53 Å². The molecule has 2 aromatic heterocycles. The number of ether oxygens (including phenoxy) is 1. The van der Waals surface area contributed by atoms with Crippen LogP contribution in [-0.2, 0) is 6.61 Å². The van der Waals surface area contributed by atoms with Gasteiger partial charge in [0.25, 0.3) is 5.91 Å². The van der Waals surface area contributed by atoms with Crippen LogP contribution in [0.25, 0.3) is 10.2 Å². The van der Waals surface area contributed by atoms with Crippen molar-refractivity contribution in [3.63, 3.8) is 0 Å². The fourth-order valence-electron chi connectivity index (χ4n) is 2.50. The van der Waals surface area contributed by atoms with Gasteiger partial charge in [-0.25, -0.2) is 9.97 Å². The minimum Gasteiger partial charge on any atom is -0.487 e. The van der Waals surface area contributed by atoms with Crippen molar-refractivity contribution >= 4 is 43.9 Å². The van der Waals surface area contributed by atoms with Crippen molar-refractivity contribution in [2.24, 2.45) is 0 Å². The van der Waals surface area contributed by atoms with Gasteiger partial charge in [0.2, 0.25) is 0 Å². The molecule has 26 heavy (non-hydrogen) atoms. The summed E-state index contributed by atoms with van der Waals surface area (Å²) in [7, 11) is 0. The number of para-hydroxylation sites is 1. The summed E-state index contributed by atoms with van der Waals surface area (Å²) in [6.07, 6.45) is 0. The minimum atomic E-state index is -0.208. The van der Waals surface area contributed by atoms with Crippen molar-refractivity contribution in [3.05, 3.63) is 70.2 Å². The van der Waals surface area contributed by atoms with Crippen LogP contribution in [0.4, 0.5) is 5.13 Å². The molecule has 0 unspecified atom stereocenters. The van der Waals surface area contributed by atoms with Gasteiger partial charge in [-0.2, -0.15) is 0 Å². The van der Waals surface area contributed by atoms with Gasteiger partial charge in [0, 0.05) is 10.9 Å². The summed E-state index contributed by atoms with van der Waals surface area (Å²) in [4.78, 5) is 21.2. The SMILES string of the molecule is Cc1cccc2sc(NC(=O)c3cccc(OCc4cscn4)c3)nc12. The summed E-state index contributed by atoms with van der Waals surface area (Å²) in [5.74, 6) is 0.423. The number of benzene rings is 2. The summed E-state index contributed by atoms with van der Waals surface area (Å²) in [5.41, 5.74) is 5.18. The molecule has 0 aliphatic rings. The third-order valence-electron chi connectivity index (χ3n) is 3.81. The number of nitrogens with one attached hydrogen (secondary N) is 1. The Bertz CT molecular complexity index is 1060. The maximum absolute atomic E-state index is 12.6. The first-order valence-corrected chi connectivity index (χ1v) is 9.72. The van der Waals surface area contributed by atoms with Crippen molar-refractivity contribution in [2.45, 2.75) is 13.5 Å². The summed E-state index contributed by atoms with van der Waals surface area (Å²) in [5, 5.41) is 5.40. The number of aryl methyl sites for hydroxylation is 1. The molecule has 0 bridgehead atoms. The Morgan fingerprint density at radius 3 is 2.92 bits per heavy atom. The maximum Gasteiger partial charge on any atom is 0.257 e. The van der Waals surface area contributed by atoms with Crippen molar-refractivity contribution in [3.8, 4) is 5.75 Å². The van der Waals surface area contributed by atoms with Crippen LogP contribution in [0.2, 0.25) is 0 Å². The predicted octanol–water partition coefficient (Wildman–Crippen LogP) is 4.89. The number of nitrogens with zero attached hydrogens (tertiary/aromatic N) is 2. The quantitative estimate of drug-likeness (QED) is 0.534. The van der Waals surface area contributed by atoms with E-state index in [-0.39, 0.29) is 5.91 Å². The van der Waals surface area contributed by atoms with Crippen LogP contribution in [-0.4, -0.2) is 15.9 Å². The first-order valence-electron chi connectivity index (χ1n) is 7.96. The summed E-state index contributed by atoms with van der Waals surface area (Å²) in [6.45, 7) is 2.39. The highest BCUT2D eigenvalue weighted by Crippen LogP contribution is 2.28. The number of hydrogen-bond acceptors (Lipinski definition) is 6. The summed E-state index contributed by atoms with van der Waals surface area (Å²) in [6, 6.07) is 13.1. The number of carbonyl (C=O) groups is 1. The van der Waals surface area contributed by atoms with Crippen LogP contribution < -0.4 is 10.1 Å². The first-order chi connectivity index (χ1) is 12.7. The third-order valence-corrected chi connectivity index (χ3v) is 5.38. The van der Waals surface area contributed by atoms with E-state index in [1.807, 2.05) is 36.6 Å². The monoisotopic (exact) mass is 381 g/mol. The number of fused-ring (bicyclic) bond motifs is 1. The molecule has 5 nitrogen and oxygen atoms in total. The molecular weight excluding hydrogens is 366 g/mol. The average molecular weight is 381 g/mol. The molecule has 0 atom stereocenters. The Morgan fingerprint density at radius 1 is 1.23 bits per heavy atom. The van der Waals surface area contributed by atoms with Gasteiger partial charge in [-0.1, -0.05) is 29.5 Å². The lowest BCUT2D eigenvalue weighted by Gasteiger charge is -2.06. The summed E-state index contributed by atoms with van der Waals surface area (Å²) >= 11 is 2.99. The zero-order valence-electron chi connectivity index (χ0n) is 13.9. The molecular formula is C19H15N3O2S2. The van der Waals surface area contributed by atoms with Crippen LogP contribution in [0.15, 0.2) is 53.4 Å². The molecule has 0 aliphatic heterocycles. The van der Waals surface area contributed by atoms with E-state index in [0.717, 1.165) is 21.5 Å². The maximum atomic E-state index is 12.6. The molecule has 1 amide bonds. The van der Waals surface area contributed by atoms with Gasteiger partial charge >= 0.3 is 0 Å². The molecule has 0 radical (unpaired) electrons. The van der Waals surface area contributed by atoms with Gasteiger partial charge in [-0.15, -0.1) is 11.3 Å². The number of aromatic nitrogens is 2. The van der Waals surface area contributed by atoms with E-state index in [4.69, 9.17) is 4.74 Å². The van der Waals surface area contributed by atoms with Crippen LogP contribution in [0.5, 0.6) is 5.75 Å². The number of thiazole rings is 2. The Morgan fingerprint density at radius 2 is 2.12 bits per heavy atom. The molecule has 0 spiro atoms. The number of hydrogen-bond donors (Lipinski definition) is 1. The number of amides is 1. The van der Waals surface area contributed by atoms with Crippen LogP contribution >= 0.6 is 22.7 Å². The van der Waals surface area contributed by atoms with E-state index in [9.17, 15) is 4.79 Å². The smallest absolute Gasteiger partial charge is 0.257 e. The lowest BCUT2D eigenvalue weighted by molar-refractivity contribution is 0.102. The number of rotatable bonds is 5. The molecule has 1 N–H and O–H groups in total. The highest BCUT2D eigenvalue weighted by Gasteiger charge is 2.12. The molecule has 0 saturated heterocycles. The molecule has 4 rings (SSSR count). The van der Waals surface area contributed by atoms with E-state index < -0.39 is 0 Å². The van der Waals surface area contributed by atoms with Gasteiger partial charge < -0.3 is 4.74 Å². The topological polar surface area (TPSA) is 64.1 Å². The Balaban J connectivity index is 1.48. The molecule has 0 fully saturated rings. The number of anilines is 1. The lowest BCUT2D eigenvalue weighted by atomic mass is 10.2. The number of carbonyl (C=O) groups excluding carboxylic acids is 1. The lowest BCUT2D eigenvalue weighted by Crippen LogP contribution is -2.11.